The molecule has 1 heterocycles. The minimum absolute atomic E-state index is 0.501. The highest BCUT2D eigenvalue weighted by molar-refractivity contribution is 5.87. The number of aromatic amines is 1. The molecule has 0 bridgehead atoms. The summed E-state index contributed by atoms with van der Waals surface area (Å²) in [5.74, 6) is 1.33. The van der Waals surface area contributed by atoms with Crippen molar-refractivity contribution in [2.75, 3.05) is 7.11 Å². The van der Waals surface area contributed by atoms with Crippen LogP contribution >= 0.6 is 0 Å². The topological polar surface area (TPSA) is 37.9 Å². The quantitative estimate of drug-likeness (QED) is 0.790. The fraction of sp³-hybridized carbons (Fsp3) is 0.364. The van der Waals surface area contributed by atoms with E-state index in [-0.39, 0.29) is 0 Å². The Bertz CT molecular complexity index is 445. The van der Waals surface area contributed by atoms with E-state index in [1.165, 1.54) is 5.56 Å². The first-order chi connectivity index (χ1) is 6.74. The lowest BCUT2D eigenvalue weighted by atomic mass is 9.99. The fourth-order valence-corrected chi connectivity index (χ4v) is 1.70. The second-order valence-corrected chi connectivity index (χ2v) is 3.66. The largest absolute Gasteiger partial charge is 0.494 e. The first-order valence-electron chi connectivity index (χ1n) is 4.74. The number of aromatic nitrogens is 2. The van der Waals surface area contributed by atoms with Crippen LogP contribution in [0, 0.1) is 0 Å². The molecule has 0 aliphatic rings. The molecule has 1 aromatic heterocycles. The van der Waals surface area contributed by atoms with Gasteiger partial charge in [-0.15, -0.1) is 0 Å². The molecule has 3 nitrogen and oxygen atoms in total. The molecule has 1 aromatic carbocycles. The summed E-state index contributed by atoms with van der Waals surface area (Å²) in [6, 6.07) is 4.07. The highest BCUT2D eigenvalue weighted by atomic mass is 16.5. The van der Waals surface area contributed by atoms with Gasteiger partial charge in [0.15, 0.2) is 0 Å². The van der Waals surface area contributed by atoms with Gasteiger partial charge in [0.25, 0.3) is 0 Å². The summed E-state index contributed by atoms with van der Waals surface area (Å²) in [6.45, 7) is 4.35. The maximum absolute atomic E-state index is 5.24. The van der Waals surface area contributed by atoms with Crippen molar-refractivity contribution < 1.29 is 4.74 Å². The number of hydrogen-bond acceptors (Lipinski definition) is 2. The van der Waals surface area contributed by atoms with E-state index >= 15 is 0 Å². The van der Waals surface area contributed by atoms with Crippen molar-refractivity contribution in [2.24, 2.45) is 0 Å². The van der Waals surface area contributed by atoms with Crippen LogP contribution < -0.4 is 4.74 Å². The van der Waals surface area contributed by atoms with Crippen molar-refractivity contribution in [1.82, 2.24) is 10.2 Å². The Morgan fingerprint density at radius 3 is 2.79 bits per heavy atom. The first-order valence-corrected chi connectivity index (χ1v) is 4.74. The number of rotatable bonds is 2. The summed E-state index contributed by atoms with van der Waals surface area (Å²) < 4.78 is 5.24. The van der Waals surface area contributed by atoms with Crippen LogP contribution in [0.3, 0.4) is 0 Å². The van der Waals surface area contributed by atoms with Gasteiger partial charge in [-0.25, -0.2) is 0 Å². The molecule has 0 aliphatic heterocycles. The summed E-state index contributed by atoms with van der Waals surface area (Å²) >= 11 is 0. The monoisotopic (exact) mass is 190 g/mol. The van der Waals surface area contributed by atoms with Crippen LogP contribution in [0.4, 0.5) is 0 Å². The molecule has 2 aromatic rings. The molecule has 0 aliphatic carbocycles. The van der Waals surface area contributed by atoms with Crippen LogP contribution in [0.2, 0.25) is 0 Å². The minimum atomic E-state index is 0.501. The van der Waals surface area contributed by atoms with E-state index in [0.717, 1.165) is 16.7 Å². The summed E-state index contributed by atoms with van der Waals surface area (Å²) in [5.41, 5.74) is 2.22. The summed E-state index contributed by atoms with van der Waals surface area (Å²) in [5, 5.41) is 8.21. The Labute approximate surface area is 83.1 Å². The average Bonchev–Trinajstić information content (AvgIpc) is 2.64. The van der Waals surface area contributed by atoms with Gasteiger partial charge in [0, 0.05) is 11.6 Å². The van der Waals surface area contributed by atoms with Crippen LogP contribution in [0.25, 0.3) is 10.9 Å². The SMILES string of the molecule is COc1ccc(C(C)C)c2c[nH]nc12. The Balaban J connectivity index is 2.72. The molecule has 0 saturated carbocycles. The van der Waals surface area contributed by atoms with Crippen molar-refractivity contribution in [3.63, 3.8) is 0 Å². The zero-order chi connectivity index (χ0) is 10.1. The lowest BCUT2D eigenvalue weighted by Crippen LogP contribution is -1.90. The van der Waals surface area contributed by atoms with Gasteiger partial charge in [0.2, 0.25) is 0 Å². The van der Waals surface area contributed by atoms with Crippen molar-refractivity contribution in [2.45, 2.75) is 19.8 Å². The van der Waals surface area contributed by atoms with E-state index in [1.807, 2.05) is 12.3 Å². The number of benzene rings is 1. The van der Waals surface area contributed by atoms with E-state index in [9.17, 15) is 0 Å². The molecule has 0 radical (unpaired) electrons. The smallest absolute Gasteiger partial charge is 0.146 e. The third-order valence-corrected chi connectivity index (χ3v) is 2.44. The van der Waals surface area contributed by atoms with Gasteiger partial charge in [-0.2, -0.15) is 5.10 Å². The molecule has 14 heavy (non-hydrogen) atoms. The van der Waals surface area contributed by atoms with Gasteiger partial charge in [-0.1, -0.05) is 19.9 Å². The maximum atomic E-state index is 5.24. The Hall–Kier alpha value is -1.51. The van der Waals surface area contributed by atoms with Crippen molar-refractivity contribution in [1.29, 1.82) is 0 Å². The molecule has 0 spiro atoms. The number of methoxy groups -OCH3 is 1. The standard InChI is InChI=1S/C11H14N2O/c1-7(2)8-4-5-10(14-3)11-9(8)6-12-13-11/h4-7H,1-3H3,(H,12,13). The number of nitrogens with zero attached hydrogens (tertiary/aromatic N) is 1. The third kappa shape index (κ3) is 1.25. The van der Waals surface area contributed by atoms with Crippen molar-refractivity contribution in [3.8, 4) is 5.75 Å². The molecule has 0 saturated heterocycles. The molecule has 0 fully saturated rings. The Morgan fingerprint density at radius 1 is 1.36 bits per heavy atom. The zero-order valence-corrected chi connectivity index (χ0v) is 8.66. The zero-order valence-electron chi connectivity index (χ0n) is 8.66. The highest BCUT2D eigenvalue weighted by Crippen LogP contribution is 2.30. The van der Waals surface area contributed by atoms with Crippen LogP contribution in [-0.2, 0) is 0 Å². The van der Waals surface area contributed by atoms with Crippen LogP contribution in [0.5, 0.6) is 5.75 Å². The molecule has 1 N–H and O–H groups in total. The number of nitrogens with one attached hydrogen (secondary N) is 1. The fourth-order valence-electron chi connectivity index (χ4n) is 1.70. The van der Waals surface area contributed by atoms with Crippen molar-refractivity contribution >= 4 is 10.9 Å². The third-order valence-electron chi connectivity index (χ3n) is 2.44. The summed E-state index contributed by atoms with van der Waals surface area (Å²) in [7, 11) is 1.67. The van der Waals surface area contributed by atoms with E-state index < -0.39 is 0 Å². The van der Waals surface area contributed by atoms with E-state index in [1.54, 1.807) is 7.11 Å². The van der Waals surface area contributed by atoms with Gasteiger partial charge in [0.1, 0.15) is 11.3 Å². The Morgan fingerprint density at radius 2 is 2.14 bits per heavy atom. The molecule has 0 unspecified atom stereocenters. The average molecular weight is 190 g/mol. The van der Waals surface area contributed by atoms with E-state index in [0.29, 0.717) is 5.92 Å². The lowest BCUT2D eigenvalue weighted by molar-refractivity contribution is 0.418. The lowest BCUT2D eigenvalue weighted by Gasteiger charge is -2.08. The molecular weight excluding hydrogens is 176 g/mol. The van der Waals surface area contributed by atoms with Gasteiger partial charge in [-0.3, -0.25) is 5.10 Å². The van der Waals surface area contributed by atoms with Gasteiger partial charge in [-0.05, 0) is 17.5 Å². The van der Waals surface area contributed by atoms with E-state index in [2.05, 4.69) is 30.1 Å². The number of ether oxygens (including phenoxy) is 1. The van der Waals surface area contributed by atoms with E-state index in [4.69, 9.17) is 4.74 Å². The van der Waals surface area contributed by atoms with Gasteiger partial charge < -0.3 is 4.74 Å². The number of H-pyrrole nitrogens is 1. The highest BCUT2D eigenvalue weighted by Gasteiger charge is 2.10. The normalized spacial score (nSPS) is 11.1. The maximum Gasteiger partial charge on any atom is 0.146 e. The second-order valence-electron chi connectivity index (χ2n) is 3.66. The number of hydrogen-bond donors (Lipinski definition) is 1. The minimum Gasteiger partial charge on any atom is -0.494 e. The van der Waals surface area contributed by atoms with Crippen LogP contribution in [0.1, 0.15) is 25.3 Å². The number of fused-ring (bicyclic) bond motifs is 1. The van der Waals surface area contributed by atoms with Gasteiger partial charge >= 0.3 is 0 Å². The second kappa shape index (κ2) is 3.33. The predicted octanol–water partition coefficient (Wildman–Crippen LogP) is 2.69. The molecule has 2 rings (SSSR count). The Kier molecular flexibility index (Phi) is 2.15. The summed E-state index contributed by atoms with van der Waals surface area (Å²) in [6.07, 6.45) is 1.92. The summed E-state index contributed by atoms with van der Waals surface area (Å²) in [4.78, 5) is 0. The molecule has 0 atom stereocenters. The predicted molar refractivity (Wildman–Crippen MR) is 56.7 cm³/mol. The van der Waals surface area contributed by atoms with Crippen molar-refractivity contribution in [3.05, 3.63) is 23.9 Å². The van der Waals surface area contributed by atoms with Gasteiger partial charge in [0.05, 0.1) is 7.11 Å². The first kappa shape index (κ1) is 9.06. The molecule has 0 amide bonds. The van der Waals surface area contributed by atoms with Crippen LogP contribution in [0.15, 0.2) is 18.3 Å². The molecule has 74 valence electrons. The van der Waals surface area contributed by atoms with Crippen LogP contribution in [-0.4, -0.2) is 17.3 Å². The molecular formula is C11H14N2O. The molecule has 3 heteroatoms.